The quantitative estimate of drug-likeness (QED) is 0.826. The van der Waals surface area contributed by atoms with Gasteiger partial charge in [0.15, 0.2) is 0 Å². The molecule has 0 spiro atoms. The van der Waals surface area contributed by atoms with Gasteiger partial charge in [0.2, 0.25) is 0 Å². The van der Waals surface area contributed by atoms with E-state index in [0.717, 1.165) is 32.7 Å². The Labute approximate surface area is 108 Å². The molecule has 1 saturated heterocycles. The van der Waals surface area contributed by atoms with Crippen LogP contribution in [0.5, 0.6) is 0 Å². The molecule has 0 radical (unpaired) electrons. The van der Waals surface area contributed by atoms with Crippen molar-refractivity contribution in [2.24, 2.45) is 5.92 Å². The minimum Gasteiger partial charge on any atom is -0.399 e. The molecule has 0 aromatic heterocycles. The molecule has 1 amide bonds. The number of carbonyl (C=O) groups is 1. The van der Waals surface area contributed by atoms with E-state index >= 15 is 0 Å². The number of nitrogens with zero attached hydrogens (tertiary/aromatic N) is 1. The molecular formula is C14H20N2O2. The van der Waals surface area contributed by atoms with Crippen molar-refractivity contribution in [2.45, 2.75) is 13.3 Å². The van der Waals surface area contributed by atoms with E-state index < -0.39 is 0 Å². The predicted molar refractivity (Wildman–Crippen MR) is 71.4 cm³/mol. The first-order valence-electron chi connectivity index (χ1n) is 6.43. The molecule has 1 unspecified atom stereocenters. The summed E-state index contributed by atoms with van der Waals surface area (Å²) in [5.74, 6) is 0.538. The normalized spacial score (nSPS) is 19.2. The second-order valence-corrected chi connectivity index (χ2v) is 4.69. The molecule has 4 heteroatoms. The van der Waals surface area contributed by atoms with Gasteiger partial charge in [0.05, 0.1) is 6.61 Å². The number of anilines is 1. The van der Waals surface area contributed by atoms with Gasteiger partial charge >= 0.3 is 0 Å². The summed E-state index contributed by atoms with van der Waals surface area (Å²) in [5, 5.41) is 0. The molecule has 0 bridgehead atoms. The van der Waals surface area contributed by atoms with Crippen molar-refractivity contribution < 1.29 is 9.53 Å². The zero-order chi connectivity index (χ0) is 13.0. The van der Waals surface area contributed by atoms with Crippen molar-refractivity contribution in [1.82, 2.24) is 4.90 Å². The molecule has 18 heavy (non-hydrogen) atoms. The first kappa shape index (κ1) is 12.9. The van der Waals surface area contributed by atoms with Crippen LogP contribution in [0.2, 0.25) is 0 Å². The Morgan fingerprint density at radius 3 is 3.11 bits per heavy atom. The number of likely N-dealkylation sites (tertiary alicyclic amines) is 1. The number of carbonyl (C=O) groups excluding carboxylic acids is 1. The summed E-state index contributed by atoms with van der Waals surface area (Å²) in [4.78, 5) is 14.1. The van der Waals surface area contributed by atoms with Gasteiger partial charge in [0, 0.05) is 36.9 Å². The van der Waals surface area contributed by atoms with Crippen molar-refractivity contribution in [3.63, 3.8) is 0 Å². The predicted octanol–water partition coefficient (Wildman–Crippen LogP) is 1.77. The minimum absolute atomic E-state index is 0.0706. The maximum absolute atomic E-state index is 12.2. The first-order chi connectivity index (χ1) is 8.70. The van der Waals surface area contributed by atoms with Crippen molar-refractivity contribution in [2.75, 3.05) is 32.0 Å². The van der Waals surface area contributed by atoms with Gasteiger partial charge < -0.3 is 15.4 Å². The van der Waals surface area contributed by atoms with Crippen LogP contribution in [0.25, 0.3) is 0 Å². The van der Waals surface area contributed by atoms with Crippen LogP contribution in [0.4, 0.5) is 5.69 Å². The molecule has 1 fully saturated rings. The molecule has 0 saturated carbocycles. The van der Waals surface area contributed by atoms with E-state index in [1.807, 2.05) is 24.0 Å². The topological polar surface area (TPSA) is 55.6 Å². The van der Waals surface area contributed by atoms with Crippen LogP contribution in [0, 0.1) is 5.92 Å². The lowest BCUT2D eigenvalue weighted by molar-refractivity contribution is 0.0763. The van der Waals surface area contributed by atoms with E-state index in [2.05, 4.69) is 0 Å². The van der Waals surface area contributed by atoms with Gasteiger partial charge in [-0.05, 0) is 31.5 Å². The third kappa shape index (κ3) is 3.01. The van der Waals surface area contributed by atoms with E-state index in [0.29, 0.717) is 17.2 Å². The van der Waals surface area contributed by atoms with E-state index in [1.165, 1.54) is 0 Å². The molecular weight excluding hydrogens is 228 g/mol. The Bertz CT molecular complexity index is 420. The third-order valence-electron chi connectivity index (χ3n) is 3.26. The Morgan fingerprint density at radius 2 is 2.39 bits per heavy atom. The maximum atomic E-state index is 12.2. The van der Waals surface area contributed by atoms with E-state index in [-0.39, 0.29) is 5.91 Å². The lowest BCUT2D eigenvalue weighted by atomic mass is 10.1. The lowest BCUT2D eigenvalue weighted by Crippen LogP contribution is -2.29. The third-order valence-corrected chi connectivity index (χ3v) is 3.26. The number of benzene rings is 1. The van der Waals surface area contributed by atoms with Gasteiger partial charge in [-0.15, -0.1) is 0 Å². The fourth-order valence-electron chi connectivity index (χ4n) is 2.29. The summed E-state index contributed by atoms with van der Waals surface area (Å²) >= 11 is 0. The largest absolute Gasteiger partial charge is 0.399 e. The number of nitrogens with two attached hydrogens (primary N) is 1. The minimum atomic E-state index is 0.0706. The number of hydrogen-bond acceptors (Lipinski definition) is 3. The van der Waals surface area contributed by atoms with Gasteiger partial charge in [-0.1, -0.05) is 6.07 Å². The summed E-state index contributed by atoms with van der Waals surface area (Å²) < 4.78 is 5.41. The SMILES string of the molecule is CCOCC1CCN(C(=O)c2cccc(N)c2)C1. The molecule has 0 aliphatic carbocycles. The maximum Gasteiger partial charge on any atom is 0.253 e. The summed E-state index contributed by atoms with van der Waals surface area (Å²) in [6, 6.07) is 7.15. The van der Waals surface area contributed by atoms with Crippen LogP contribution >= 0.6 is 0 Å². The summed E-state index contributed by atoms with van der Waals surface area (Å²) in [6.45, 7) is 5.07. The molecule has 1 aromatic rings. The Morgan fingerprint density at radius 1 is 1.56 bits per heavy atom. The average Bonchev–Trinajstić information content (AvgIpc) is 2.84. The average molecular weight is 248 g/mol. The summed E-state index contributed by atoms with van der Waals surface area (Å²) in [5.41, 5.74) is 7.00. The highest BCUT2D eigenvalue weighted by molar-refractivity contribution is 5.95. The monoisotopic (exact) mass is 248 g/mol. The standard InChI is InChI=1S/C14H20N2O2/c1-2-18-10-11-6-7-16(9-11)14(17)12-4-3-5-13(15)8-12/h3-5,8,11H,2,6-7,9-10,15H2,1H3. The number of rotatable bonds is 4. The molecule has 2 rings (SSSR count). The Kier molecular flexibility index (Phi) is 4.20. The summed E-state index contributed by atoms with van der Waals surface area (Å²) in [7, 11) is 0. The van der Waals surface area contributed by atoms with Crippen molar-refractivity contribution in [1.29, 1.82) is 0 Å². The fraction of sp³-hybridized carbons (Fsp3) is 0.500. The molecule has 1 heterocycles. The van der Waals surface area contributed by atoms with E-state index in [9.17, 15) is 4.79 Å². The zero-order valence-corrected chi connectivity index (χ0v) is 10.8. The molecule has 1 aromatic carbocycles. The van der Waals surface area contributed by atoms with E-state index in [4.69, 9.17) is 10.5 Å². The van der Waals surface area contributed by atoms with Crippen LogP contribution in [0.1, 0.15) is 23.7 Å². The van der Waals surface area contributed by atoms with Crippen LogP contribution in [0.15, 0.2) is 24.3 Å². The Hall–Kier alpha value is -1.55. The highest BCUT2D eigenvalue weighted by Crippen LogP contribution is 2.19. The van der Waals surface area contributed by atoms with Gasteiger partial charge in [-0.2, -0.15) is 0 Å². The first-order valence-corrected chi connectivity index (χ1v) is 6.43. The molecule has 1 aliphatic heterocycles. The highest BCUT2D eigenvalue weighted by Gasteiger charge is 2.26. The number of amides is 1. The van der Waals surface area contributed by atoms with Crippen LogP contribution in [-0.2, 0) is 4.74 Å². The molecule has 1 aliphatic rings. The van der Waals surface area contributed by atoms with Gasteiger partial charge in [-0.25, -0.2) is 0 Å². The van der Waals surface area contributed by atoms with Crippen LogP contribution in [0.3, 0.4) is 0 Å². The van der Waals surface area contributed by atoms with Gasteiger partial charge in [-0.3, -0.25) is 4.79 Å². The van der Waals surface area contributed by atoms with Crippen LogP contribution in [-0.4, -0.2) is 37.1 Å². The number of hydrogen-bond donors (Lipinski definition) is 1. The van der Waals surface area contributed by atoms with Crippen molar-refractivity contribution in [3.8, 4) is 0 Å². The van der Waals surface area contributed by atoms with Gasteiger partial charge in [0.25, 0.3) is 5.91 Å². The lowest BCUT2D eigenvalue weighted by Gasteiger charge is -2.16. The van der Waals surface area contributed by atoms with Crippen molar-refractivity contribution in [3.05, 3.63) is 29.8 Å². The van der Waals surface area contributed by atoms with Crippen molar-refractivity contribution >= 4 is 11.6 Å². The van der Waals surface area contributed by atoms with Crippen LogP contribution < -0.4 is 5.73 Å². The molecule has 98 valence electrons. The summed E-state index contributed by atoms with van der Waals surface area (Å²) in [6.07, 6.45) is 1.02. The smallest absolute Gasteiger partial charge is 0.253 e. The second-order valence-electron chi connectivity index (χ2n) is 4.69. The highest BCUT2D eigenvalue weighted by atomic mass is 16.5. The molecule has 1 atom stereocenters. The second kappa shape index (κ2) is 5.87. The molecule has 4 nitrogen and oxygen atoms in total. The van der Waals surface area contributed by atoms with Gasteiger partial charge in [0.1, 0.15) is 0 Å². The fourth-order valence-corrected chi connectivity index (χ4v) is 2.29. The number of ether oxygens (including phenoxy) is 1. The zero-order valence-electron chi connectivity index (χ0n) is 10.8. The Balaban J connectivity index is 1.95. The molecule has 2 N–H and O–H groups in total. The van der Waals surface area contributed by atoms with E-state index in [1.54, 1.807) is 12.1 Å². The number of nitrogen functional groups attached to an aromatic ring is 1.